The molecule has 0 aromatic heterocycles. The van der Waals surface area contributed by atoms with Gasteiger partial charge in [0.2, 0.25) is 5.91 Å². The highest BCUT2D eigenvalue weighted by Gasteiger charge is 2.25. The molecule has 1 aromatic rings. The van der Waals surface area contributed by atoms with Crippen molar-refractivity contribution in [2.24, 2.45) is 0 Å². The van der Waals surface area contributed by atoms with Gasteiger partial charge in [-0.05, 0) is 50.9 Å². The average molecular weight is 287 g/mol. The van der Waals surface area contributed by atoms with E-state index in [1.54, 1.807) is 0 Å². The van der Waals surface area contributed by atoms with E-state index < -0.39 is 0 Å². The van der Waals surface area contributed by atoms with Crippen molar-refractivity contribution in [2.45, 2.75) is 31.7 Å². The molecule has 21 heavy (non-hydrogen) atoms. The third-order valence-electron chi connectivity index (χ3n) is 4.69. The topological polar surface area (TPSA) is 35.6 Å². The molecule has 2 heterocycles. The first-order chi connectivity index (χ1) is 10.3. The van der Waals surface area contributed by atoms with Crippen LogP contribution in [-0.2, 0) is 11.2 Å². The Morgan fingerprint density at radius 1 is 1.38 bits per heavy atom. The molecule has 1 atom stereocenters. The second-order valence-corrected chi connectivity index (χ2v) is 6.19. The van der Waals surface area contributed by atoms with Crippen LogP contribution in [0.2, 0.25) is 0 Å². The number of hydrogen-bond acceptors (Lipinski definition) is 3. The molecule has 114 valence electrons. The fraction of sp³-hybridized carbons (Fsp3) is 0.588. The number of nitrogens with zero attached hydrogens (tertiary/aromatic N) is 2. The molecule has 0 aliphatic carbocycles. The maximum atomic E-state index is 12.7. The van der Waals surface area contributed by atoms with Crippen LogP contribution < -0.4 is 10.2 Å². The average Bonchev–Trinajstić information content (AvgIpc) is 2.55. The Hall–Kier alpha value is -1.39. The summed E-state index contributed by atoms with van der Waals surface area (Å²) in [4.78, 5) is 16.9. The number of amides is 1. The Morgan fingerprint density at radius 3 is 3.05 bits per heavy atom. The number of carbonyl (C=O) groups excluding carboxylic acids is 1. The predicted octanol–water partition coefficient (Wildman–Crippen LogP) is 1.65. The number of nitrogens with one attached hydrogen (secondary N) is 1. The second-order valence-electron chi connectivity index (χ2n) is 6.19. The number of fused-ring (bicyclic) bond motifs is 1. The maximum absolute atomic E-state index is 12.7. The number of carbonyl (C=O) groups is 1. The molecule has 2 aliphatic heterocycles. The minimum absolute atomic E-state index is 0.232. The van der Waals surface area contributed by atoms with Crippen molar-refractivity contribution in [1.29, 1.82) is 0 Å². The van der Waals surface area contributed by atoms with Crippen molar-refractivity contribution in [3.05, 3.63) is 29.8 Å². The van der Waals surface area contributed by atoms with E-state index in [-0.39, 0.29) is 5.91 Å². The van der Waals surface area contributed by atoms with Gasteiger partial charge in [-0.15, -0.1) is 0 Å². The van der Waals surface area contributed by atoms with Crippen molar-refractivity contribution in [1.82, 2.24) is 10.2 Å². The Morgan fingerprint density at radius 2 is 2.24 bits per heavy atom. The summed E-state index contributed by atoms with van der Waals surface area (Å²) in [5.74, 6) is 0.232. The molecular weight excluding hydrogens is 262 g/mol. The number of benzene rings is 1. The number of rotatable bonds is 3. The molecule has 2 aliphatic rings. The lowest BCUT2D eigenvalue weighted by atomic mass is 10.0. The Kier molecular flexibility index (Phi) is 4.56. The number of anilines is 1. The molecule has 1 N–H and O–H groups in total. The van der Waals surface area contributed by atoms with E-state index in [0.717, 1.165) is 38.2 Å². The molecule has 1 fully saturated rings. The summed E-state index contributed by atoms with van der Waals surface area (Å²) in [5.41, 5.74) is 2.42. The van der Waals surface area contributed by atoms with Crippen molar-refractivity contribution < 1.29 is 4.79 Å². The lowest BCUT2D eigenvalue weighted by Gasteiger charge is -2.34. The molecule has 1 amide bonds. The number of piperidine rings is 1. The van der Waals surface area contributed by atoms with E-state index in [2.05, 4.69) is 35.5 Å². The van der Waals surface area contributed by atoms with Crippen LogP contribution in [0.4, 0.5) is 5.69 Å². The summed E-state index contributed by atoms with van der Waals surface area (Å²) in [6, 6.07) is 8.80. The summed E-state index contributed by atoms with van der Waals surface area (Å²) in [5, 5.41) is 3.42. The quantitative estimate of drug-likeness (QED) is 0.918. The smallest absolute Gasteiger partial charge is 0.241 e. The van der Waals surface area contributed by atoms with E-state index in [0.29, 0.717) is 12.6 Å². The van der Waals surface area contributed by atoms with Gasteiger partial charge < -0.3 is 10.2 Å². The highest BCUT2D eigenvalue weighted by atomic mass is 16.2. The highest BCUT2D eigenvalue weighted by molar-refractivity contribution is 5.95. The van der Waals surface area contributed by atoms with Gasteiger partial charge in [0.15, 0.2) is 0 Å². The third-order valence-corrected chi connectivity index (χ3v) is 4.69. The van der Waals surface area contributed by atoms with E-state index in [1.807, 2.05) is 11.0 Å². The van der Waals surface area contributed by atoms with Gasteiger partial charge in [-0.2, -0.15) is 0 Å². The molecule has 0 radical (unpaired) electrons. The SMILES string of the molecule is CN(CC(=O)N1CCCc2ccccc21)C1CCCNC1. The van der Waals surface area contributed by atoms with Crippen LogP contribution in [0, 0.1) is 0 Å². The zero-order valence-corrected chi connectivity index (χ0v) is 12.8. The number of hydrogen-bond donors (Lipinski definition) is 1. The zero-order chi connectivity index (χ0) is 14.7. The molecule has 1 unspecified atom stereocenters. The van der Waals surface area contributed by atoms with E-state index >= 15 is 0 Å². The number of para-hydroxylation sites is 1. The minimum Gasteiger partial charge on any atom is -0.315 e. The summed E-state index contributed by atoms with van der Waals surface area (Å²) in [7, 11) is 2.07. The van der Waals surface area contributed by atoms with Crippen molar-refractivity contribution in [2.75, 3.05) is 38.1 Å². The Balaban J connectivity index is 1.66. The molecule has 1 saturated heterocycles. The van der Waals surface area contributed by atoms with E-state index in [9.17, 15) is 4.79 Å². The van der Waals surface area contributed by atoms with Crippen LogP contribution in [0.25, 0.3) is 0 Å². The first kappa shape index (κ1) is 14.5. The lowest BCUT2D eigenvalue weighted by molar-refractivity contribution is -0.120. The first-order valence-electron chi connectivity index (χ1n) is 8.05. The Labute approximate surface area is 127 Å². The van der Waals surface area contributed by atoms with E-state index in [4.69, 9.17) is 0 Å². The van der Waals surface area contributed by atoms with Gasteiger partial charge >= 0.3 is 0 Å². The second kappa shape index (κ2) is 6.58. The molecular formula is C17H25N3O. The molecule has 0 bridgehead atoms. The molecule has 0 saturated carbocycles. The van der Waals surface area contributed by atoms with Gasteiger partial charge in [-0.1, -0.05) is 18.2 Å². The lowest BCUT2D eigenvalue weighted by Crippen LogP contribution is -2.49. The highest BCUT2D eigenvalue weighted by Crippen LogP contribution is 2.26. The summed E-state index contributed by atoms with van der Waals surface area (Å²) >= 11 is 0. The maximum Gasteiger partial charge on any atom is 0.241 e. The Bertz CT molecular complexity index is 497. The van der Waals surface area contributed by atoms with Gasteiger partial charge in [0.1, 0.15) is 0 Å². The summed E-state index contributed by atoms with van der Waals surface area (Å²) < 4.78 is 0. The molecule has 4 nitrogen and oxygen atoms in total. The van der Waals surface area contributed by atoms with Crippen LogP contribution in [-0.4, -0.2) is 50.1 Å². The van der Waals surface area contributed by atoms with Gasteiger partial charge in [0, 0.05) is 24.8 Å². The van der Waals surface area contributed by atoms with Gasteiger partial charge in [0.05, 0.1) is 6.54 Å². The van der Waals surface area contributed by atoms with Crippen LogP contribution in [0.1, 0.15) is 24.8 Å². The third kappa shape index (κ3) is 3.27. The fourth-order valence-corrected chi connectivity index (χ4v) is 3.43. The predicted molar refractivity (Wildman–Crippen MR) is 85.6 cm³/mol. The number of likely N-dealkylation sites (N-methyl/N-ethyl adjacent to an activating group) is 1. The van der Waals surface area contributed by atoms with Crippen molar-refractivity contribution in [3.8, 4) is 0 Å². The monoisotopic (exact) mass is 287 g/mol. The van der Waals surface area contributed by atoms with Crippen molar-refractivity contribution >= 4 is 11.6 Å². The summed E-state index contributed by atoms with van der Waals surface area (Å²) in [6.07, 6.45) is 4.54. The molecule has 1 aromatic carbocycles. The fourth-order valence-electron chi connectivity index (χ4n) is 3.43. The van der Waals surface area contributed by atoms with Crippen LogP contribution in [0.15, 0.2) is 24.3 Å². The zero-order valence-electron chi connectivity index (χ0n) is 12.8. The van der Waals surface area contributed by atoms with Gasteiger partial charge in [-0.3, -0.25) is 9.69 Å². The van der Waals surface area contributed by atoms with Gasteiger partial charge in [0.25, 0.3) is 0 Å². The largest absolute Gasteiger partial charge is 0.315 e. The van der Waals surface area contributed by atoms with Crippen molar-refractivity contribution in [3.63, 3.8) is 0 Å². The van der Waals surface area contributed by atoms with E-state index in [1.165, 1.54) is 18.4 Å². The minimum atomic E-state index is 0.232. The normalized spacial score (nSPS) is 22.2. The number of aryl methyl sites for hydroxylation is 1. The molecule has 3 rings (SSSR count). The first-order valence-corrected chi connectivity index (χ1v) is 8.05. The van der Waals surface area contributed by atoms with Crippen LogP contribution in [0.5, 0.6) is 0 Å². The van der Waals surface area contributed by atoms with Crippen LogP contribution in [0.3, 0.4) is 0 Å². The summed E-state index contributed by atoms with van der Waals surface area (Å²) in [6.45, 7) is 3.48. The molecule has 4 heteroatoms. The standard InChI is InChI=1S/C17H25N3O/c1-19(15-8-4-10-18-12-15)13-17(21)20-11-5-7-14-6-2-3-9-16(14)20/h2-3,6,9,15,18H,4-5,7-8,10-13H2,1H3. The van der Waals surface area contributed by atoms with Gasteiger partial charge in [-0.25, -0.2) is 0 Å². The van der Waals surface area contributed by atoms with Crippen LogP contribution >= 0.6 is 0 Å². The molecule has 0 spiro atoms.